The first-order valence-corrected chi connectivity index (χ1v) is 7.40. The fourth-order valence-corrected chi connectivity index (χ4v) is 2.19. The van der Waals surface area contributed by atoms with E-state index in [2.05, 4.69) is 5.32 Å². The number of rotatable bonds is 7. The molecule has 0 unspecified atom stereocenters. The van der Waals surface area contributed by atoms with Gasteiger partial charge in [0.2, 0.25) is 0 Å². The van der Waals surface area contributed by atoms with Gasteiger partial charge in [-0.05, 0) is 30.2 Å². The SMILES string of the molecule is CC(=O)Oc1ccc(NCCc2ccc([N+](=O)[O-])cc2)cc1C(=O)O. The van der Waals surface area contributed by atoms with Crippen molar-refractivity contribution in [2.75, 3.05) is 11.9 Å². The number of esters is 1. The molecule has 25 heavy (non-hydrogen) atoms. The summed E-state index contributed by atoms with van der Waals surface area (Å²) in [4.78, 5) is 32.4. The third-order valence-corrected chi connectivity index (χ3v) is 3.35. The minimum Gasteiger partial charge on any atom is -0.478 e. The Morgan fingerprint density at radius 3 is 2.44 bits per heavy atom. The Kier molecular flexibility index (Phi) is 5.67. The molecule has 0 heterocycles. The summed E-state index contributed by atoms with van der Waals surface area (Å²) in [5.41, 5.74) is 1.39. The Labute approximate surface area is 143 Å². The van der Waals surface area contributed by atoms with Crippen LogP contribution in [0.3, 0.4) is 0 Å². The van der Waals surface area contributed by atoms with Crippen molar-refractivity contribution in [3.05, 3.63) is 63.7 Å². The molecular formula is C17H16N2O6. The highest BCUT2D eigenvalue weighted by Gasteiger charge is 2.14. The molecule has 8 nitrogen and oxygen atoms in total. The van der Waals surface area contributed by atoms with E-state index < -0.39 is 16.9 Å². The van der Waals surface area contributed by atoms with E-state index in [9.17, 15) is 24.8 Å². The van der Waals surface area contributed by atoms with Gasteiger partial charge in [0, 0.05) is 31.3 Å². The normalized spacial score (nSPS) is 10.1. The van der Waals surface area contributed by atoms with E-state index in [1.165, 1.54) is 31.2 Å². The number of carboxylic acid groups (broad SMARTS) is 1. The van der Waals surface area contributed by atoms with E-state index >= 15 is 0 Å². The molecule has 0 aliphatic rings. The lowest BCUT2D eigenvalue weighted by atomic mass is 10.1. The summed E-state index contributed by atoms with van der Waals surface area (Å²) in [6, 6.07) is 10.6. The third-order valence-electron chi connectivity index (χ3n) is 3.35. The summed E-state index contributed by atoms with van der Waals surface area (Å²) in [7, 11) is 0. The Bertz CT molecular complexity index is 801. The fraction of sp³-hybridized carbons (Fsp3) is 0.176. The zero-order valence-corrected chi connectivity index (χ0v) is 13.4. The summed E-state index contributed by atoms with van der Waals surface area (Å²) in [5.74, 6) is -1.81. The second-order valence-corrected chi connectivity index (χ2v) is 5.21. The van der Waals surface area contributed by atoms with Gasteiger partial charge in [-0.1, -0.05) is 12.1 Å². The smallest absolute Gasteiger partial charge is 0.339 e. The number of benzene rings is 2. The molecule has 0 aliphatic carbocycles. The van der Waals surface area contributed by atoms with E-state index in [0.717, 1.165) is 5.56 Å². The van der Waals surface area contributed by atoms with Crippen molar-refractivity contribution in [3.63, 3.8) is 0 Å². The van der Waals surface area contributed by atoms with Crippen LogP contribution in [0.2, 0.25) is 0 Å². The minimum absolute atomic E-state index is 0.0130. The number of carbonyl (C=O) groups is 2. The number of nitro benzene ring substituents is 1. The number of hydrogen-bond acceptors (Lipinski definition) is 6. The highest BCUT2D eigenvalue weighted by molar-refractivity contribution is 5.93. The van der Waals surface area contributed by atoms with Gasteiger partial charge in [-0.3, -0.25) is 14.9 Å². The summed E-state index contributed by atoms with van der Waals surface area (Å²) >= 11 is 0. The van der Waals surface area contributed by atoms with Crippen molar-refractivity contribution in [2.45, 2.75) is 13.3 Å². The summed E-state index contributed by atoms with van der Waals surface area (Å²) in [6.45, 7) is 1.70. The highest BCUT2D eigenvalue weighted by Crippen LogP contribution is 2.23. The lowest BCUT2D eigenvalue weighted by Gasteiger charge is -2.10. The summed E-state index contributed by atoms with van der Waals surface area (Å²) < 4.78 is 4.86. The van der Waals surface area contributed by atoms with Gasteiger partial charge < -0.3 is 15.2 Å². The molecule has 0 atom stereocenters. The summed E-state index contributed by atoms with van der Waals surface area (Å²) in [5, 5.41) is 22.9. The molecule has 130 valence electrons. The van der Waals surface area contributed by atoms with Gasteiger partial charge >= 0.3 is 11.9 Å². The molecular weight excluding hydrogens is 328 g/mol. The van der Waals surface area contributed by atoms with Gasteiger partial charge in [0.1, 0.15) is 11.3 Å². The van der Waals surface area contributed by atoms with Crippen LogP contribution < -0.4 is 10.1 Å². The quantitative estimate of drug-likeness (QED) is 0.343. The van der Waals surface area contributed by atoms with Crippen molar-refractivity contribution in [3.8, 4) is 5.75 Å². The molecule has 0 radical (unpaired) electrons. The monoisotopic (exact) mass is 344 g/mol. The average Bonchev–Trinajstić information content (AvgIpc) is 2.56. The zero-order valence-electron chi connectivity index (χ0n) is 13.4. The average molecular weight is 344 g/mol. The Hall–Kier alpha value is -3.42. The zero-order chi connectivity index (χ0) is 18.4. The topological polar surface area (TPSA) is 119 Å². The van der Waals surface area contributed by atoms with E-state index in [1.54, 1.807) is 18.2 Å². The molecule has 0 aliphatic heterocycles. The number of hydrogen-bond donors (Lipinski definition) is 2. The number of anilines is 1. The van der Waals surface area contributed by atoms with Crippen molar-refractivity contribution in [1.29, 1.82) is 0 Å². The first kappa shape index (κ1) is 17.9. The van der Waals surface area contributed by atoms with Crippen molar-refractivity contribution < 1.29 is 24.4 Å². The van der Waals surface area contributed by atoms with Crippen molar-refractivity contribution in [2.24, 2.45) is 0 Å². The standard InChI is InChI=1S/C17H16N2O6/c1-11(20)25-16-7-4-13(10-15(16)17(21)22)18-9-8-12-2-5-14(6-3-12)19(23)24/h2-7,10,18H,8-9H2,1H3,(H,21,22). The largest absolute Gasteiger partial charge is 0.478 e. The van der Waals surface area contributed by atoms with Crippen LogP contribution in [0.1, 0.15) is 22.8 Å². The van der Waals surface area contributed by atoms with Crippen LogP contribution in [-0.4, -0.2) is 28.5 Å². The summed E-state index contributed by atoms with van der Waals surface area (Å²) in [6.07, 6.45) is 0.603. The second-order valence-electron chi connectivity index (χ2n) is 5.21. The molecule has 2 aromatic rings. The number of ether oxygens (including phenoxy) is 1. The molecule has 0 aromatic heterocycles. The number of nitrogens with zero attached hydrogens (tertiary/aromatic N) is 1. The van der Waals surface area contributed by atoms with Gasteiger partial charge in [-0.25, -0.2) is 4.79 Å². The van der Waals surface area contributed by atoms with E-state index in [-0.39, 0.29) is 17.0 Å². The lowest BCUT2D eigenvalue weighted by Crippen LogP contribution is -2.09. The predicted octanol–water partition coefficient (Wildman–Crippen LogP) is 2.87. The van der Waals surface area contributed by atoms with Crippen LogP contribution in [-0.2, 0) is 11.2 Å². The number of carbonyl (C=O) groups excluding carboxylic acids is 1. The predicted molar refractivity (Wildman–Crippen MR) is 90.0 cm³/mol. The Balaban J connectivity index is 2.00. The maximum atomic E-state index is 11.3. The lowest BCUT2D eigenvalue weighted by molar-refractivity contribution is -0.384. The maximum Gasteiger partial charge on any atom is 0.339 e. The number of non-ortho nitro benzene ring substituents is 1. The van der Waals surface area contributed by atoms with Crippen LogP contribution >= 0.6 is 0 Å². The number of carboxylic acids is 1. The molecule has 0 saturated heterocycles. The number of nitrogens with one attached hydrogen (secondary N) is 1. The molecule has 2 aromatic carbocycles. The highest BCUT2D eigenvalue weighted by atomic mass is 16.6. The van der Waals surface area contributed by atoms with Crippen molar-refractivity contribution in [1.82, 2.24) is 0 Å². The fourth-order valence-electron chi connectivity index (χ4n) is 2.19. The number of aromatic carboxylic acids is 1. The van der Waals surface area contributed by atoms with Crippen LogP contribution in [0, 0.1) is 10.1 Å². The Morgan fingerprint density at radius 2 is 1.88 bits per heavy atom. The maximum absolute atomic E-state index is 11.3. The second kappa shape index (κ2) is 7.91. The molecule has 0 fully saturated rings. The number of nitro groups is 1. The molecule has 0 amide bonds. The van der Waals surface area contributed by atoms with Crippen LogP contribution in [0.25, 0.3) is 0 Å². The van der Waals surface area contributed by atoms with Crippen molar-refractivity contribution >= 4 is 23.3 Å². The van der Waals surface area contributed by atoms with Gasteiger partial charge in [0.25, 0.3) is 5.69 Å². The Morgan fingerprint density at radius 1 is 1.20 bits per heavy atom. The van der Waals surface area contributed by atoms with E-state index in [0.29, 0.717) is 18.7 Å². The van der Waals surface area contributed by atoms with Gasteiger partial charge in [-0.2, -0.15) is 0 Å². The molecule has 2 rings (SSSR count). The van der Waals surface area contributed by atoms with Crippen LogP contribution in [0.4, 0.5) is 11.4 Å². The van der Waals surface area contributed by atoms with Crippen LogP contribution in [0.5, 0.6) is 5.75 Å². The molecule has 0 bridgehead atoms. The first-order chi connectivity index (χ1) is 11.9. The molecule has 8 heteroatoms. The minimum atomic E-state index is -1.20. The van der Waals surface area contributed by atoms with Crippen LogP contribution in [0.15, 0.2) is 42.5 Å². The first-order valence-electron chi connectivity index (χ1n) is 7.40. The molecule has 0 saturated carbocycles. The van der Waals surface area contributed by atoms with E-state index in [1.807, 2.05) is 0 Å². The molecule has 2 N–H and O–H groups in total. The van der Waals surface area contributed by atoms with Gasteiger partial charge in [0.15, 0.2) is 0 Å². The van der Waals surface area contributed by atoms with Gasteiger partial charge in [-0.15, -0.1) is 0 Å². The van der Waals surface area contributed by atoms with Gasteiger partial charge in [0.05, 0.1) is 4.92 Å². The molecule has 0 spiro atoms. The van der Waals surface area contributed by atoms with E-state index in [4.69, 9.17) is 4.74 Å². The third kappa shape index (κ3) is 5.03.